The average Bonchev–Trinajstić information content (AvgIpc) is 3.02. The van der Waals surface area contributed by atoms with Crippen molar-refractivity contribution in [2.75, 3.05) is 26.2 Å². The van der Waals surface area contributed by atoms with Crippen LogP contribution in [0.4, 0.5) is 0 Å². The minimum absolute atomic E-state index is 0.114. The standard InChI is InChI=1S/C19H29N3O2/c1-14-11-21(12-15(2)24-14)13-16-5-7-17(8-6-16)19(23)22-9-3-4-18(22)10-20/h5-8,14-15,18H,3-4,9-13,20H2,1-2H3/t14-,15-,18-/m1/s1. The minimum Gasteiger partial charge on any atom is -0.373 e. The Bertz CT molecular complexity index is 550. The molecule has 0 saturated carbocycles. The Morgan fingerprint density at radius 3 is 2.50 bits per heavy atom. The number of amides is 1. The molecule has 1 aromatic carbocycles. The van der Waals surface area contributed by atoms with Crippen LogP contribution in [0.25, 0.3) is 0 Å². The zero-order valence-electron chi connectivity index (χ0n) is 14.8. The molecule has 1 amide bonds. The summed E-state index contributed by atoms with van der Waals surface area (Å²) in [6.45, 7) is 8.43. The van der Waals surface area contributed by atoms with Gasteiger partial charge >= 0.3 is 0 Å². The predicted molar refractivity (Wildman–Crippen MR) is 94.8 cm³/mol. The highest BCUT2D eigenvalue weighted by Gasteiger charge is 2.28. The van der Waals surface area contributed by atoms with Gasteiger partial charge in [0.1, 0.15) is 0 Å². The molecule has 2 fully saturated rings. The molecule has 3 atom stereocenters. The van der Waals surface area contributed by atoms with Crippen molar-refractivity contribution in [1.82, 2.24) is 9.80 Å². The Balaban J connectivity index is 1.62. The summed E-state index contributed by atoms with van der Waals surface area (Å²) in [5.74, 6) is 0.114. The average molecular weight is 331 g/mol. The second kappa shape index (κ2) is 7.64. The lowest BCUT2D eigenvalue weighted by Gasteiger charge is -2.35. The summed E-state index contributed by atoms with van der Waals surface area (Å²) in [6.07, 6.45) is 2.63. The number of hydrogen-bond acceptors (Lipinski definition) is 4. The molecule has 2 N–H and O–H groups in total. The van der Waals surface area contributed by atoms with Crippen LogP contribution in [-0.2, 0) is 11.3 Å². The number of nitrogens with two attached hydrogens (primary N) is 1. The Morgan fingerprint density at radius 1 is 1.21 bits per heavy atom. The van der Waals surface area contributed by atoms with Gasteiger partial charge in [-0.1, -0.05) is 12.1 Å². The lowest BCUT2D eigenvalue weighted by molar-refractivity contribution is -0.0704. The Labute approximate surface area is 144 Å². The molecule has 3 rings (SSSR count). The zero-order chi connectivity index (χ0) is 17.1. The molecule has 2 heterocycles. The molecule has 0 unspecified atom stereocenters. The lowest BCUT2D eigenvalue weighted by Crippen LogP contribution is -2.44. The molecule has 5 heteroatoms. The number of rotatable bonds is 4. The van der Waals surface area contributed by atoms with Crippen LogP contribution in [0, 0.1) is 0 Å². The second-order valence-corrected chi connectivity index (χ2v) is 7.18. The topological polar surface area (TPSA) is 58.8 Å². The SMILES string of the molecule is C[C@@H]1CN(Cc2ccc(C(=O)N3CCC[C@@H]3CN)cc2)C[C@@H](C)O1. The summed E-state index contributed by atoms with van der Waals surface area (Å²) < 4.78 is 5.78. The van der Waals surface area contributed by atoms with Crippen LogP contribution in [0.2, 0.25) is 0 Å². The van der Waals surface area contributed by atoms with E-state index in [4.69, 9.17) is 10.5 Å². The third-order valence-electron chi connectivity index (χ3n) is 5.01. The monoisotopic (exact) mass is 331 g/mol. The van der Waals surface area contributed by atoms with E-state index in [1.54, 1.807) is 0 Å². The van der Waals surface area contributed by atoms with Gasteiger partial charge in [0.15, 0.2) is 0 Å². The van der Waals surface area contributed by atoms with E-state index in [-0.39, 0.29) is 24.2 Å². The van der Waals surface area contributed by atoms with E-state index in [1.807, 2.05) is 17.0 Å². The summed E-state index contributed by atoms with van der Waals surface area (Å²) >= 11 is 0. The number of ether oxygens (including phenoxy) is 1. The van der Waals surface area contributed by atoms with Crippen molar-refractivity contribution in [3.8, 4) is 0 Å². The van der Waals surface area contributed by atoms with Gasteiger partial charge in [-0.05, 0) is 44.4 Å². The minimum atomic E-state index is 0.114. The molecule has 2 aliphatic heterocycles. The number of morpholine rings is 1. The third-order valence-corrected chi connectivity index (χ3v) is 5.01. The van der Waals surface area contributed by atoms with Gasteiger partial charge in [-0.2, -0.15) is 0 Å². The second-order valence-electron chi connectivity index (χ2n) is 7.18. The van der Waals surface area contributed by atoms with Gasteiger partial charge in [0.05, 0.1) is 12.2 Å². The van der Waals surface area contributed by atoms with Crippen LogP contribution in [0.3, 0.4) is 0 Å². The van der Waals surface area contributed by atoms with E-state index in [1.165, 1.54) is 5.56 Å². The largest absolute Gasteiger partial charge is 0.373 e. The van der Waals surface area contributed by atoms with Crippen molar-refractivity contribution in [2.24, 2.45) is 5.73 Å². The zero-order valence-corrected chi connectivity index (χ0v) is 14.8. The van der Waals surface area contributed by atoms with Crippen molar-refractivity contribution in [1.29, 1.82) is 0 Å². The first-order chi connectivity index (χ1) is 11.6. The molecular weight excluding hydrogens is 302 g/mol. The predicted octanol–water partition coefficient (Wildman–Crippen LogP) is 1.86. The van der Waals surface area contributed by atoms with Crippen LogP contribution >= 0.6 is 0 Å². The molecule has 2 aliphatic rings. The van der Waals surface area contributed by atoms with Crippen molar-refractivity contribution >= 4 is 5.91 Å². The fraction of sp³-hybridized carbons (Fsp3) is 0.632. The maximum absolute atomic E-state index is 12.6. The highest BCUT2D eigenvalue weighted by atomic mass is 16.5. The van der Waals surface area contributed by atoms with Gasteiger partial charge < -0.3 is 15.4 Å². The molecule has 0 aromatic heterocycles. The summed E-state index contributed by atoms with van der Waals surface area (Å²) in [5, 5.41) is 0. The van der Waals surface area contributed by atoms with Crippen LogP contribution < -0.4 is 5.73 Å². The number of carbonyl (C=O) groups excluding carboxylic acids is 1. The third kappa shape index (κ3) is 3.97. The first kappa shape index (κ1) is 17.4. The smallest absolute Gasteiger partial charge is 0.254 e. The first-order valence-corrected chi connectivity index (χ1v) is 9.04. The molecule has 0 aliphatic carbocycles. The molecule has 5 nitrogen and oxygen atoms in total. The van der Waals surface area contributed by atoms with Crippen LogP contribution in [0.5, 0.6) is 0 Å². The highest BCUT2D eigenvalue weighted by Crippen LogP contribution is 2.20. The Morgan fingerprint density at radius 2 is 1.88 bits per heavy atom. The molecule has 0 bridgehead atoms. The fourth-order valence-corrected chi connectivity index (χ4v) is 3.94. The lowest BCUT2D eigenvalue weighted by atomic mass is 10.1. The molecule has 0 spiro atoms. The van der Waals surface area contributed by atoms with E-state index in [2.05, 4.69) is 30.9 Å². The van der Waals surface area contributed by atoms with Gasteiger partial charge in [0, 0.05) is 44.3 Å². The van der Waals surface area contributed by atoms with Crippen LogP contribution in [0.15, 0.2) is 24.3 Å². The van der Waals surface area contributed by atoms with Crippen molar-refractivity contribution in [3.63, 3.8) is 0 Å². The highest BCUT2D eigenvalue weighted by molar-refractivity contribution is 5.94. The van der Waals surface area contributed by atoms with E-state index >= 15 is 0 Å². The van der Waals surface area contributed by atoms with E-state index < -0.39 is 0 Å². The summed E-state index contributed by atoms with van der Waals surface area (Å²) in [7, 11) is 0. The summed E-state index contributed by atoms with van der Waals surface area (Å²) in [5.41, 5.74) is 7.79. The maximum atomic E-state index is 12.6. The molecule has 24 heavy (non-hydrogen) atoms. The number of likely N-dealkylation sites (tertiary alicyclic amines) is 1. The fourth-order valence-electron chi connectivity index (χ4n) is 3.94. The van der Waals surface area contributed by atoms with Crippen molar-refractivity contribution in [2.45, 2.75) is 51.5 Å². The number of hydrogen-bond donors (Lipinski definition) is 1. The van der Waals surface area contributed by atoms with Gasteiger partial charge in [0.25, 0.3) is 5.91 Å². The normalized spacial score (nSPS) is 28.3. The number of benzene rings is 1. The molecular formula is C19H29N3O2. The van der Waals surface area contributed by atoms with Crippen molar-refractivity contribution < 1.29 is 9.53 Å². The van der Waals surface area contributed by atoms with Gasteiger partial charge in [0.2, 0.25) is 0 Å². The van der Waals surface area contributed by atoms with Gasteiger partial charge in [-0.15, -0.1) is 0 Å². The molecule has 2 saturated heterocycles. The summed E-state index contributed by atoms with van der Waals surface area (Å²) in [6, 6.07) is 8.26. The van der Waals surface area contributed by atoms with Crippen LogP contribution in [0.1, 0.15) is 42.6 Å². The number of carbonyl (C=O) groups is 1. The van der Waals surface area contributed by atoms with E-state index in [0.717, 1.165) is 44.6 Å². The van der Waals surface area contributed by atoms with Gasteiger partial charge in [-0.3, -0.25) is 9.69 Å². The number of nitrogens with zero attached hydrogens (tertiary/aromatic N) is 2. The summed E-state index contributed by atoms with van der Waals surface area (Å²) in [4.78, 5) is 17.0. The van der Waals surface area contributed by atoms with Crippen LogP contribution in [-0.4, -0.2) is 60.1 Å². The van der Waals surface area contributed by atoms with E-state index in [0.29, 0.717) is 6.54 Å². The van der Waals surface area contributed by atoms with E-state index in [9.17, 15) is 4.79 Å². The first-order valence-electron chi connectivity index (χ1n) is 9.04. The molecule has 132 valence electrons. The van der Waals surface area contributed by atoms with Crippen molar-refractivity contribution in [3.05, 3.63) is 35.4 Å². The van der Waals surface area contributed by atoms with Gasteiger partial charge in [-0.25, -0.2) is 0 Å². The Hall–Kier alpha value is -1.43. The maximum Gasteiger partial charge on any atom is 0.254 e. The molecule has 0 radical (unpaired) electrons. The Kier molecular flexibility index (Phi) is 5.54. The molecule has 1 aromatic rings. The quantitative estimate of drug-likeness (QED) is 0.915.